The molecule has 0 radical (unpaired) electrons. The van der Waals surface area contributed by atoms with Crippen molar-refractivity contribution in [3.8, 4) is 5.75 Å². The fraction of sp³-hybridized carbons (Fsp3) is 0.231. The smallest absolute Gasteiger partial charge is 0.481 e. The van der Waals surface area contributed by atoms with E-state index < -0.39 is 18.1 Å². The summed E-state index contributed by atoms with van der Waals surface area (Å²) in [5.41, 5.74) is 1.42. The van der Waals surface area contributed by atoms with Crippen molar-refractivity contribution < 1.29 is 27.8 Å². The second kappa shape index (κ2) is 4.99. The maximum atomic E-state index is 12.2. The van der Waals surface area contributed by atoms with Crippen LogP contribution in [0.5, 0.6) is 5.75 Å². The number of pyridine rings is 1. The quantitative estimate of drug-likeness (QED) is 0.941. The molecule has 0 saturated heterocycles. The SMILES string of the molecule is Cc1cc(CC(=O)O)c2cc(OC(F)(F)F)ccc2n1. The zero-order valence-corrected chi connectivity index (χ0v) is 10.4. The van der Waals surface area contributed by atoms with E-state index in [0.717, 1.165) is 12.1 Å². The lowest BCUT2D eigenvalue weighted by Crippen LogP contribution is -2.17. The molecule has 0 aliphatic heterocycles. The summed E-state index contributed by atoms with van der Waals surface area (Å²) in [5.74, 6) is -1.47. The zero-order chi connectivity index (χ0) is 14.9. The Morgan fingerprint density at radius 3 is 2.65 bits per heavy atom. The number of benzene rings is 1. The van der Waals surface area contributed by atoms with Crippen LogP contribution in [0.3, 0.4) is 0 Å². The van der Waals surface area contributed by atoms with E-state index in [9.17, 15) is 18.0 Å². The summed E-state index contributed by atoms with van der Waals surface area (Å²) in [7, 11) is 0. The minimum Gasteiger partial charge on any atom is -0.481 e. The van der Waals surface area contributed by atoms with E-state index in [1.807, 2.05) is 0 Å². The average molecular weight is 285 g/mol. The molecule has 0 atom stereocenters. The van der Waals surface area contributed by atoms with Gasteiger partial charge in [-0.25, -0.2) is 0 Å². The first-order chi connectivity index (χ1) is 9.24. The van der Waals surface area contributed by atoms with Crippen LogP contribution in [-0.2, 0) is 11.2 Å². The van der Waals surface area contributed by atoms with Gasteiger partial charge in [0.1, 0.15) is 5.75 Å². The summed E-state index contributed by atoms with van der Waals surface area (Å²) >= 11 is 0. The standard InChI is InChI=1S/C13H10F3NO3/c1-7-4-8(5-12(18)19)10-6-9(20-13(14,15)16)2-3-11(10)17-7/h2-4,6H,5H2,1H3,(H,18,19). The molecule has 2 aromatic rings. The van der Waals surface area contributed by atoms with Crippen LogP contribution in [-0.4, -0.2) is 22.4 Å². The third-order valence-corrected chi connectivity index (χ3v) is 2.57. The van der Waals surface area contributed by atoms with Gasteiger partial charge in [-0.05, 0) is 36.8 Å². The van der Waals surface area contributed by atoms with Crippen molar-refractivity contribution in [2.45, 2.75) is 19.7 Å². The first kappa shape index (κ1) is 14.1. The van der Waals surface area contributed by atoms with Gasteiger partial charge in [-0.15, -0.1) is 13.2 Å². The Balaban J connectivity index is 2.53. The molecule has 0 bridgehead atoms. The van der Waals surface area contributed by atoms with E-state index in [-0.39, 0.29) is 6.42 Å². The number of carboxylic acids is 1. The number of halogens is 3. The number of carbonyl (C=O) groups is 1. The molecule has 2 rings (SSSR count). The van der Waals surface area contributed by atoms with Crippen LogP contribution < -0.4 is 4.74 Å². The number of hydrogen-bond donors (Lipinski definition) is 1. The second-order valence-electron chi connectivity index (χ2n) is 4.22. The number of nitrogens with zero attached hydrogens (tertiary/aromatic N) is 1. The lowest BCUT2D eigenvalue weighted by molar-refractivity contribution is -0.274. The van der Waals surface area contributed by atoms with Gasteiger partial charge in [0.25, 0.3) is 0 Å². The summed E-state index contributed by atoms with van der Waals surface area (Å²) in [6.07, 6.45) is -5.09. The third-order valence-electron chi connectivity index (χ3n) is 2.57. The molecule has 0 aliphatic carbocycles. The minimum absolute atomic E-state index is 0.296. The first-order valence-corrected chi connectivity index (χ1v) is 5.62. The largest absolute Gasteiger partial charge is 0.573 e. The average Bonchev–Trinajstić information content (AvgIpc) is 2.27. The number of aryl methyl sites for hydroxylation is 1. The molecule has 0 amide bonds. The van der Waals surface area contributed by atoms with E-state index in [2.05, 4.69) is 9.72 Å². The van der Waals surface area contributed by atoms with Gasteiger partial charge in [0, 0.05) is 11.1 Å². The molecule has 4 nitrogen and oxygen atoms in total. The van der Waals surface area contributed by atoms with Crippen LogP contribution in [0.4, 0.5) is 13.2 Å². The van der Waals surface area contributed by atoms with Crippen LogP contribution in [0.1, 0.15) is 11.3 Å². The molecular formula is C13H10F3NO3. The molecule has 1 aromatic carbocycles. The van der Waals surface area contributed by atoms with Crippen molar-refractivity contribution in [1.82, 2.24) is 4.98 Å². The minimum atomic E-state index is -4.79. The molecular weight excluding hydrogens is 275 g/mol. The normalized spacial score (nSPS) is 11.6. The van der Waals surface area contributed by atoms with E-state index in [4.69, 9.17) is 5.11 Å². The Morgan fingerprint density at radius 2 is 2.05 bits per heavy atom. The van der Waals surface area contributed by atoms with Crippen LogP contribution in [0.25, 0.3) is 10.9 Å². The number of fused-ring (bicyclic) bond motifs is 1. The fourth-order valence-corrected chi connectivity index (χ4v) is 1.93. The maximum absolute atomic E-state index is 12.2. The monoisotopic (exact) mass is 285 g/mol. The van der Waals surface area contributed by atoms with Gasteiger partial charge in [-0.1, -0.05) is 0 Å². The summed E-state index contributed by atoms with van der Waals surface area (Å²) in [6, 6.07) is 5.20. The molecule has 0 unspecified atom stereocenters. The number of ether oxygens (including phenoxy) is 1. The number of carboxylic acid groups (broad SMARTS) is 1. The predicted octanol–water partition coefficient (Wildman–Crippen LogP) is 3.07. The Hall–Kier alpha value is -2.31. The van der Waals surface area contributed by atoms with Gasteiger partial charge in [0.15, 0.2) is 0 Å². The van der Waals surface area contributed by atoms with Crippen molar-refractivity contribution in [2.75, 3.05) is 0 Å². The highest BCUT2D eigenvalue weighted by Gasteiger charge is 2.31. The van der Waals surface area contributed by atoms with Gasteiger partial charge in [-0.3, -0.25) is 9.78 Å². The highest BCUT2D eigenvalue weighted by Crippen LogP contribution is 2.28. The lowest BCUT2D eigenvalue weighted by atomic mass is 10.0. The Morgan fingerprint density at radius 1 is 1.35 bits per heavy atom. The Bertz CT molecular complexity index is 668. The first-order valence-electron chi connectivity index (χ1n) is 5.62. The molecule has 0 saturated carbocycles. The highest BCUT2D eigenvalue weighted by molar-refractivity contribution is 5.87. The number of rotatable bonds is 3. The summed E-state index contributed by atoms with van der Waals surface area (Å²) < 4.78 is 40.4. The fourth-order valence-electron chi connectivity index (χ4n) is 1.93. The van der Waals surface area contributed by atoms with Gasteiger partial charge in [0.05, 0.1) is 11.9 Å². The van der Waals surface area contributed by atoms with Gasteiger partial charge in [0.2, 0.25) is 0 Å². The van der Waals surface area contributed by atoms with Gasteiger partial charge < -0.3 is 9.84 Å². The number of hydrogen-bond acceptors (Lipinski definition) is 3. The van der Waals surface area contributed by atoms with Crippen molar-refractivity contribution >= 4 is 16.9 Å². The number of alkyl halides is 3. The number of aliphatic carboxylic acids is 1. The molecule has 106 valence electrons. The topological polar surface area (TPSA) is 59.4 Å². The Kier molecular flexibility index (Phi) is 3.52. The van der Waals surface area contributed by atoms with Crippen LogP contribution in [0.2, 0.25) is 0 Å². The van der Waals surface area contributed by atoms with Crippen molar-refractivity contribution in [3.05, 3.63) is 35.5 Å². The molecule has 0 fully saturated rings. The zero-order valence-electron chi connectivity index (χ0n) is 10.4. The highest BCUT2D eigenvalue weighted by atomic mass is 19.4. The van der Waals surface area contributed by atoms with E-state index in [0.29, 0.717) is 22.2 Å². The maximum Gasteiger partial charge on any atom is 0.573 e. The van der Waals surface area contributed by atoms with Crippen LogP contribution >= 0.6 is 0 Å². The van der Waals surface area contributed by atoms with Crippen LogP contribution in [0, 0.1) is 6.92 Å². The van der Waals surface area contributed by atoms with Crippen molar-refractivity contribution in [3.63, 3.8) is 0 Å². The van der Waals surface area contributed by atoms with Crippen molar-refractivity contribution in [1.29, 1.82) is 0 Å². The molecule has 1 N–H and O–H groups in total. The summed E-state index contributed by atoms with van der Waals surface area (Å²) in [6.45, 7) is 1.69. The van der Waals surface area contributed by atoms with E-state index >= 15 is 0 Å². The van der Waals surface area contributed by atoms with Crippen LogP contribution in [0.15, 0.2) is 24.3 Å². The molecule has 20 heavy (non-hydrogen) atoms. The van der Waals surface area contributed by atoms with Crippen molar-refractivity contribution in [2.24, 2.45) is 0 Å². The van der Waals surface area contributed by atoms with E-state index in [1.54, 1.807) is 6.92 Å². The van der Waals surface area contributed by atoms with Gasteiger partial charge in [-0.2, -0.15) is 0 Å². The summed E-state index contributed by atoms with van der Waals surface area (Å²) in [5, 5.41) is 9.17. The Labute approximate surface area is 111 Å². The second-order valence-corrected chi connectivity index (χ2v) is 4.22. The molecule has 0 spiro atoms. The molecule has 7 heteroatoms. The summed E-state index contributed by atoms with van der Waals surface area (Å²) in [4.78, 5) is 15.0. The molecule has 0 aliphatic rings. The molecule has 1 aromatic heterocycles. The lowest BCUT2D eigenvalue weighted by Gasteiger charge is -2.11. The van der Waals surface area contributed by atoms with E-state index in [1.165, 1.54) is 12.1 Å². The predicted molar refractivity (Wildman–Crippen MR) is 64.5 cm³/mol. The number of aromatic nitrogens is 1. The molecule has 1 heterocycles. The van der Waals surface area contributed by atoms with Gasteiger partial charge >= 0.3 is 12.3 Å². The third kappa shape index (κ3) is 3.37.